The standard InChI is InChI=1S/C27H22F6N2O2/c1-2-9-36-20-13-34-26(35-14-20)19-7-8-21-18(12-19)6-5-17(24(21)30)4-3-16-10-22(28)25(23(29)11-16)37-15-27(31,32)33/h5-8,10-14H,2-4,9,15H2,1H3. The molecule has 4 nitrogen and oxygen atoms in total. The van der Waals surface area contributed by atoms with Gasteiger partial charge in [-0.15, -0.1) is 0 Å². The molecule has 0 atom stereocenters. The molecule has 1 aromatic heterocycles. The maximum atomic E-state index is 15.2. The fourth-order valence-corrected chi connectivity index (χ4v) is 3.76. The molecule has 4 rings (SSSR count). The van der Waals surface area contributed by atoms with Crippen LogP contribution in [0.3, 0.4) is 0 Å². The van der Waals surface area contributed by atoms with E-state index < -0.39 is 36.0 Å². The summed E-state index contributed by atoms with van der Waals surface area (Å²) in [5, 5.41) is 0.981. The van der Waals surface area contributed by atoms with Crippen molar-refractivity contribution in [2.24, 2.45) is 0 Å². The lowest BCUT2D eigenvalue weighted by molar-refractivity contribution is -0.154. The van der Waals surface area contributed by atoms with Crippen LogP contribution in [-0.4, -0.2) is 29.4 Å². The van der Waals surface area contributed by atoms with Crippen molar-refractivity contribution in [1.82, 2.24) is 9.97 Å². The van der Waals surface area contributed by atoms with E-state index in [2.05, 4.69) is 14.7 Å². The Balaban J connectivity index is 1.48. The third-order valence-electron chi connectivity index (χ3n) is 5.51. The number of benzene rings is 3. The summed E-state index contributed by atoms with van der Waals surface area (Å²) in [6.07, 6.45) is -0.534. The molecule has 0 aliphatic carbocycles. The molecule has 0 saturated heterocycles. The zero-order valence-electron chi connectivity index (χ0n) is 19.7. The number of hydrogen-bond donors (Lipinski definition) is 0. The first-order valence-electron chi connectivity index (χ1n) is 11.5. The predicted molar refractivity (Wildman–Crippen MR) is 126 cm³/mol. The van der Waals surface area contributed by atoms with Gasteiger partial charge in [0.15, 0.2) is 35.6 Å². The minimum atomic E-state index is -4.73. The van der Waals surface area contributed by atoms with Gasteiger partial charge >= 0.3 is 6.18 Å². The molecular formula is C27H22F6N2O2. The maximum absolute atomic E-state index is 15.2. The predicted octanol–water partition coefficient (Wildman–Crippen LogP) is 7.23. The number of aromatic nitrogens is 2. The summed E-state index contributed by atoms with van der Waals surface area (Å²) in [5.74, 6) is -3.05. The van der Waals surface area contributed by atoms with E-state index in [1.807, 2.05) is 6.92 Å². The summed E-state index contributed by atoms with van der Waals surface area (Å²) in [5.41, 5.74) is 1.18. The molecule has 10 heteroatoms. The van der Waals surface area contributed by atoms with Crippen molar-refractivity contribution < 1.29 is 35.8 Å². The van der Waals surface area contributed by atoms with E-state index in [9.17, 15) is 22.0 Å². The Morgan fingerprint density at radius 3 is 2.19 bits per heavy atom. The fraction of sp³-hybridized carbons (Fsp3) is 0.259. The number of hydrogen-bond acceptors (Lipinski definition) is 4. The summed E-state index contributed by atoms with van der Waals surface area (Å²) in [6.45, 7) is 0.743. The lowest BCUT2D eigenvalue weighted by Gasteiger charge is -2.12. The molecule has 1 heterocycles. The molecule has 0 saturated carbocycles. The smallest absolute Gasteiger partial charge is 0.422 e. The van der Waals surface area contributed by atoms with Gasteiger partial charge in [0.25, 0.3) is 0 Å². The van der Waals surface area contributed by atoms with E-state index in [0.29, 0.717) is 40.1 Å². The summed E-state index contributed by atoms with van der Waals surface area (Å²) >= 11 is 0. The Morgan fingerprint density at radius 1 is 0.838 bits per heavy atom. The molecule has 37 heavy (non-hydrogen) atoms. The van der Waals surface area contributed by atoms with Crippen LogP contribution in [0.1, 0.15) is 24.5 Å². The number of rotatable bonds is 9. The maximum Gasteiger partial charge on any atom is 0.422 e. The molecule has 0 aliphatic heterocycles. The monoisotopic (exact) mass is 520 g/mol. The average molecular weight is 520 g/mol. The first-order valence-corrected chi connectivity index (χ1v) is 11.5. The van der Waals surface area contributed by atoms with Crippen LogP contribution in [0, 0.1) is 17.5 Å². The zero-order valence-corrected chi connectivity index (χ0v) is 19.7. The number of nitrogens with zero attached hydrogens (tertiary/aromatic N) is 2. The van der Waals surface area contributed by atoms with Gasteiger partial charge in [-0.2, -0.15) is 13.2 Å². The van der Waals surface area contributed by atoms with Crippen molar-refractivity contribution in [3.8, 4) is 22.9 Å². The topological polar surface area (TPSA) is 44.2 Å². The second-order valence-electron chi connectivity index (χ2n) is 8.36. The van der Waals surface area contributed by atoms with E-state index in [1.54, 1.807) is 42.7 Å². The van der Waals surface area contributed by atoms with Gasteiger partial charge in [0.1, 0.15) is 5.82 Å². The van der Waals surface area contributed by atoms with Gasteiger partial charge in [0.05, 0.1) is 19.0 Å². The van der Waals surface area contributed by atoms with E-state index in [4.69, 9.17) is 4.74 Å². The van der Waals surface area contributed by atoms with Gasteiger partial charge in [0, 0.05) is 10.9 Å². The van der Waals surface area contributed by atoms with E-state index in [-0.39, 0.29) is 18.4 Å². The van der Waals surface area contributed by atoms with Crippen LogP contribution in [0.2, 0.25) is 0 Å². The second-order valence-corrected chi connectivity index (χ2v) is 8.36. The number of halogens is 6. The molecule has 0 amide bonds. The highest BCUT2D eigenvalue weighted by atomic mass is 19.4. The molecule has 0 radical (unpaired) electrons. The Hall–Kier alpha value is -3.82. The molecule has 0 bridgehead atoms. The van der Waals surface area contributed by atoms with Crippen LogP contribution in [0.15, 0.2) is 54.9 Å². The Morgan fingerprint density at radius 2 is 1.54 bits per heavy atom. The van der Waals surface area contributed by atoms with Crippen molar-refractivity contribution >= 4 is 10.8 Å². The van der Waals surface area contributed by atoms with Crippen LogP contribution in [0.25, 0.3) is 22.2 Å². The van der Waals surface area contributed by atoms with E-state index in [1.165, 1.54) is 0 Å². The molecule has 0 N–H and O–H groups in total. The molecule has 0 spiro atoms. The van der Waals surface area contributed by atoms with Crippen LogP contribution in [0.4, 0.5) is 26.3 Å². The Labute approximate surface area is 208 Å². The minimum absolute atomic E-state index is 0.0637. The van der Waals surface area contributed by atoms with Gasteiger partial charge in [0.2, 0.25) is 0 Å². The first kappa shape index (κ1) is 26.2. The van der Waals surface area contributed by atoms with Crippen LogP contribution in [-0.2, 0) is 12.8 Å². The molecular weight excluding hydrogens is 498 g/mol. The van der Waals surface area contributed by atoms with Crippen LogP contribution < -0.4 is 9.47 Å². The van der Waals surface area contributed by atoms with E-state index >= 15 is 4.39 Å². The van der Waals surface area contributed by atoms with Gasteiger partial charge in [-0.3, -0.25) is 0 Å². The summed E-state index contributed by atoms with van der Waals surface area (Å²) in [7, 11) is 0. The number of ether oxygens (including phenoxy) is 2. The molecule has 0 aliphatic rings. The van der Waals surface area contributed by atoms with Crippen LogP contribution in [0.5, 0.6) is 11.5 Å². The van der Waals surface area contributed by atoms with Crippen molar-refractivity contribution in [3.63, 3.8) is 0 Å². The van der Waals surface area contributed by atoms with Crippen molar-refractivity contribution in [3.05, 3.63) is 83.4 Å². The van der Waals surface area contributed by atoms with E-state index in [0.717, 1.165) is 18.6 Å². The normalized spacial score (nSPS) is 11.6. The third kappa shape index (κ3) is 6.49. The average Bonchev–Trinajstić information content (AvgIpc) is 2.86. The minimum Gasteiger partial charge on any atom is -0.490 e. The number of aryl methyl sites for hydroxylation is 2. The Bertz CT molecular complexity index is 1370. The Kier molecular flexibility index (Phi) is 7.85. The van der Waals surface area contributed by atoms with Crippen molar-refractivity contribution in [1.29, 1.82) is 0 Å². The van der Waals surface area contributed by atoms with Crippen molar-refractivity contribution in [2.75, 3.05) is 13.2 Å². The lowest BCUT2D eigenvalue weighted by Crippen LogP contribution is -2.20. The third-order valence-corrected chi connectivity index (χ3v) is 5.51. The molecule has 4 aromatic rings. The van der Waals surface area contributed by atoms with Gasteiger partial charge in [-0.25, -0.2) is 23.1 Å². The SMILES string of the molecule is CCCOc1cnc(-c2ccc3c(F)c(CCc4cc(F)c(OCC(F)(F)F)c(F)c4)ccc3c2)nc1. The van der Waals surface area contributed by atoms with Crippen molar-refractivity contribution in [2.45, 2.75) is 32.4 Å². The number of alkyl halides is 3. The fourth-order valence-electron chi connectivity index (χ4n) is 3.76. The zero-order chi connectivity index (χ0) is 26.6. The van der Waals surface area contributed by atoms with Crippen LogP contribution >= 0.6 is 0 Å². The highest BCUT2D eigenvalue weighted by molar-refractivity contribution is 5.87. The largest absolute Gasteiger partial charge is 0.490 e. The summed E-state index contributed by atoms with van der Waals surface area (Å²) < 4.78 is 90.0. The number of fused-ring (bicyclic) bond motifs is 1. The lowest BCUT2D eigenvalue weighted by atomic mass is 9.98. The first-order chi connectivity index (χ1) is 17.6. The molecule has 3 aromatic carbocycles. The second kappa shape index (κ2) is 11.1. The molecule has 194 valence electrons. The summed E-state index contributed by atoms with van der Waals surface area (Å²) in [6, 6.07) is 10.1. The van der Waals surface area contributed by atoms with Gasteiger partial charge in [-0.05, 0) is 54.0 Å². The highest BCUT2D eigenvalue weighted by Crippen LogP contribution is 2.29. The summed E-state index contributed by atoms with van der Waals surface area (Å²) in [4.78, 5) is 8.60. The molecule has 0 fully saturated rings. The van der Waals surface area contributed by atoms with Gasteiger partial charge in [-0.1, -0.05) is 31.2 Å². The highest BCUT2D eigenvalue weighted by Gasteiger charge is 2.30. The van der Waals surface area contributed by atoms with Gasteiger partial charge < -0.3 is 9.47 Å². The molecule has 0 unspecified atom stereocenters. The quantitative estimate of drug-likeness (QED) is 0.219.